The average molecular weight is 269 g/mol. The zero-order chi connectivity index (χ0) is 13.2. The molecule has 2 nitrogen and oxygen atoms in total. The lowest BCUT2D eigenvalue weighted by Gasteiger charge is -2.20. The van der Waals surface area contributed by atoms with Gasteiger partial charge < -0.3 is 4.90 Å². The fraction of sp³-hybridized carbons (Fsp3) is 0.188. The Morgan fingerprint density at radius 3 is 2.95 bits per heavy atom. The fourth-order valence-electron chi connectivity index (χ4n) is 2.52. The van der Waals surface area contributed by atoms with Crippen molar-refractivity contribution in [1.29, 1.82) is 0 Å². The third kappa shape index (κ3) is 2.34. The quantitative estimate of drug-likeness (QED) is 0.761. The van der Waals surface area contributed by atoms with E-state index in [9.17, 15) is 4.79 Å². The van der Waals surface area contributed by atoms with Crippen LogP contribution in [0.3, 0.4) is 0 Å². The zero-order valence-electron chi connectivity index (χ0n) is 10.7. The van der Waals surface area contributed by atoms with Crippen molar-refractivity contribution in [2.24, 2.45) is 0 Å². The number of amides is 1. The Balaban J connectivity index is 1.84. The number of hydrogen-bond donors (Lipinski definition) is 0. The molecule has 0 fully saturated rings. The van der Waals surface area contributed by atoms with E-state index < -0.39 is 0 Å². The molecular formula is C16H15NOS. The van der Waals surface area contributed by atoms with Gasteiger partial charge in [0.15, 0.2) is 0 Å². The summed E-state index contributed by atoms with van der Waals surface area (Å²) in [4.78, 5) is 15.4. The maximum absolute atomic E-state index is 12.4. The normalized spacial score (nSPS) is 17.9. The minimum absolute atomic E-state index is 0.0610. The summed E-state index contributed by atoms with van der Waals surface area (Å²) >= 11 is 1.64. The van der Waals surface area contributed by atoms with Crippen molar-refractivity contribution < 1.29 is 4.79 Å². The fourth-order valence-corrected chi connectivity index (χ4v) is 3.14. The molecule has 0 N–H and O–H groups in total. The Morgan fingerprint density at radius 2 is 2.16 bits per heavy atom. The van der Waals surface area contributed by atoms with Crippen LogP contribution in [0.4, 0.5) is 5.69 Å². The van der Waals surface area contributed by atoms with Gasteiger partial charge in [-0.2, -0.15) is 0 Å². The van der Waals surface area contributed by atoms with Gasteiger partial charge in [-0.15, -0.1) is 11.3 Å². The number of para-hydroxylation sites is 1. The van der Waals surface area contributed by atoms with Gasteiger partial charge in [-0.3, -0.25) is 4.79 Å². The smallest absolute Gasteiger partial charge is 0.251 e. The van der Waals surface area contributed by atoms with E-state index in [2.05, 4.69) is 13.0 Å². The summed E-state index contributed by atoms with van der Waals surface area (Å²) < 4.78 is 0. The van der Waals surface area contributed by atoms with Crippen LogP contribution in [0.25, 0.3) is 6.08 Å². The van der Waals surface area contributed by atoms with Crippen LogP contribution >= 0.6 is 11.3 Å². The summed E-state index contributed by atoms with van der Waals surface area (Å²) in [5.74, 6) is 0.0610. The van der Waals surface area contributed by atoms with Gasteiger partial charge in [-0.1, -0.05) is 24.3 Å². The van der Waals surface area contributed by atoms with Crippen LogP contribution < -0.4 is 4.90 Å². The molecule has 1 atom stereocenters. The molecule has 1 unspecified atom stereocenters. The molecule has 1 aliphatic rings. The van der Waals surface area contributed by atoms with E-state index in [1.54, 1.807) is 17.4 Å². The Hall–Kier alpha value is -1.87. The maximum atomic E-state index is 12.4. The third-order valence-corrected chi connectivity index (χ3v) is 4.22. The molecule has 3 heteroatoms. The Labute approximate surface area is 117 Å². The van der Waals surface area contributed by atoms with Crippen LogP contribution in [0.5, 0.6) is 0 Å². The SMILES string of the molecule is CC1Cc2ccccc2N1C(=O)C=Cc1cccs1. The number of fused-ring (bicyclic) bond motifs is 1. The number of carbonyl (C=O) groups excluding carboxylic acids is 1. The highest BCUT2D eigenvalue weighted by atomic mass is 32.1. The van der Waals surface area contributed by atoms with Crippen molar-refractivity contribution in [2.75, 3.05) is 4.90 Å². The number of hydrogen-bond acceptors (Lipinski definition) is 2. The van der Waals surface area contributed by atoms with Gasteiger partial charge in [0.05, 0.1) is 0 Å². The van der Waals surface area contributed by atoms with Gasteiger partial charge in [0, 0.05) is 22.7 Å². The molecule has 0 saturated heterocycles. The molecule has 0 aliphatic carbocycles. The highest BCUT2D eigenvalue weighted by Crippen LogP contribution is 2.32. The van der Waals surface area contributed by atoms with Crippen LogP contribution in [-0.2, 0) is 11.2 Å². The summed E-state index contributed by atoms with van der Waals surface area (Å²) in [6.45, 7) is 2.09. The van der Waals surface area contributed by atoms with Gasteiger partial charge in [0.25, 0.3) is 5.91 Å². The molecule has 1 aliphatic heterocycles. The van der Waals surface area contributed by atoms with Crippen LogP contribution in [0.1, 0.15) is 17.4 Å². The van der Waals surface area contributed by atoms with E-state index in [1.807, 2.05) is 46.7 Å². The summed E-state index contributed by atoms with van der Waals surface area (Å²) in [6, 6.07) is 12.4. The zero-order valence-corrected chi connectivity index (χ0v) is 11.6. The van der Waals surface area contributed by atoms with E-state index in [1.165, 1.54) is 5.56 Å². The van der Waals surface area contributed by atoms with Crippen molar-refractivity contribution >= 4 is 29.0 Å². The highest BCUT2D eigenvalue weighted by molar-refractivity contribution is 7.10. The lowest BCUT2D eigenvalue weighted by Crippen LogP contribution is -2.34. The lowest BCUT2D eigenvalue weighted by atomic mass is 10.1. The number of rotatable bonds is 2. The van der Waals surface area contributed by atoms with Crippen molar-refractivity contribution in [1.82, 2.24) is 0 Å². The first kappa shape index (κ1) is 12.2. The van der Waals surface area contributed by atoms with Gasteiger partial charge in [0.2, 0.25) is 0 Å². The molecule has 2 aromatic rings. The van der Waals surface area contributed by atoms with Crippen molar-refractivity contribution in [2.45, 2.75) is 19.4 Å². The average Bonchev–Trinajstić information content (AvgIpc) is 3.02. The van der Waals surface area contributed by atoms with E-state index in [4.69, 9.17) is 0 Å². The predicted octanol–water partition coefficient (Wildman–Crippen LogP) is 3.74. The molecule has 3 rings (SSSR count). The van der Waals surface area contributed by atoms with Gasteiger partial charge in [0.1, 0.15) is 0 Å². The Kier molecular flexibility index (Phi) is 3.22. The molecule has 96 valence electrons. The van der Waals surface area contributed by atoms with E-state index >= 15 is 0 Å². The molecule has 1 aromatic carbocycles. The molecular weight excluding hydrogens is 254 g/mol. The van der Waals surface area contributed by atoms with Gasteiger partial charge >= 0.3 is 0 Å². The summed E-state index contributed by atoms with van der Waals surface area (Å²) in [7, 11) is 0. The van der Waals surface area contributed by atoms with Crippen LogP contribution in [0, 0.1) is 0 Å². The van der Waals surface area contributed by atoms with Gasteiger partial charge in [-0.05, 0) is 42.5 Å². The maximum Gasteiger partial charge on any atom is 0.251 e. The molecule has 1 amide bonds. The first-order valence-electron chi connectivity index (χ1n) is 6.38. The molecule has 19 heavy (non-hydrogen) atoms. The second kappa shape index (κ2) is 5.02. The van der Waals surface area contributed by atoms with E-state index in [0.717, 1.165) is 17.0 Å². The lowest BCUT2D eigenvalue weighted by molar-refractivity contribution is -0.114. The second-order valence-corrected chi connectivity index (χ2v) is 5.72. The number of benzene rings is 1. The largest absolute Gasteiger partial charge is 0.305 e. The first-order chi connectivity index (χ1) is 9.25. The summed E-state index contributed by atoms with van der Waals surface area (Å²) in [6.07, 6.45) is 4.50. The molecule has 0 bridgehead atoms. The highest BCUT2D eigenvalue weighted by Gasteiger charge is 2.29. The third-order valence-electron chi connectivity index (χ3n) is 3.38. The molecule has 2 heterocycles. The van der Waals surface area contributed by atoms with E-state index in [0.29, 0.717) is 0 Å². The van der Waals surface area contributed by atoms with Crippen molar-refractivity contribution in [3.8, 4) is 0 Å². The summed E-state index contributed by atoms with van der Waals surface area (Å²) in [5, 5.41) is 2.01. The van der Waals surface area contributed by atoms with Crippen LogP contribution in [-0.4, -0.2) is 11.9 Å². The molecule has 0 spiro atoms. The molecule has 0 radical (unpaired) electrons. The van der Waals surface area contributed by atoms with Crippen molar-refractivity contribution in [3.63, 3.8) is 0 Å². The minimum Gasteiger partial charge on any atom is -0.305 e. The first-order valence-corrected chi connectivity index (χ1v) is 7.26. The monoisotopic (exact) mass is 269 g/mol. The Morgan fingerprint density at radius 1 is 1.32 bits per heavy atom. The second-order valence-electron chi connectivity index (χ2n) is 4.74. The van der Waals surface area contributed by atoms with E-state index in [-0.39, 0.29) is 11.9 Å². The Bertz CT molecular complexity index is 615. The standard InChI is InChI=1S/C16H15NOS/c1-12-11-13-5-2-3-7-15(13)17(12)16(18)9-8-14-6-4-10-19-14/h2-10,12H,11H2,1H3. The molecule has 1 aromatic heterocycles. The van der Waals surface area contributed by atoms with Gasteiger partial charge in [-0.25, -0.2) is 0 Å². The van der Waals surface area contributed by atoms with Crippen molar-refractivity contribution in [3.05, 3.63) is 58.3 Å². The number of thiophene rings is 1. The molecule has 0 saturated carbocycles. The van der Waals surface area contributed by atoms with Crippen LogP contribution in [0.2, 0.25) is 0 Å². The topological polar surface area (TPSA) is 20.3 Å². The predicted molar refractivity (Wildman–Crippen MR) is 80.4 cm³/mol. The number of nitrogens with zero attached hydrogens (tertiary/aromatic N) is 1. The number of anilines is 1. The minimum atomic E-state index is 0.0610. The van der Waals surface area contributed by atoms with Crippen LogP contribution in [0.15, 0.2) is 47.9 Å². The summed E-state index contributed by atoms with van der Waals surface area (Å²) in [5.41, 5.74) is 2.31. The number of carbonyl (C=O) groups is 1.